The van der Waals surface area contributed by atoms with E-state index in [4.69, 9.17) is 4.74 Å². The predicted molar refractivity (Wildman–Crippen MR) is 119 cm³/mol. The first-order chi connectivity index (χ1) is 13.9. The van der Waals surface area contributed by atoms with Crippen LogP contribution in [0.4, 0.5) is 0 Å². The highest BCUT2D eigenvalue weighted by atomic mass is 32.2. The Morgan fingerprint density at radius 3 is 2.66 bits per heavy atom. The van der Waals surface area contributed by atoms with E-state index in [1.54, 1.807) is 43.1 Å². The summed E-state index contributed by atoms with van der Waals surface area (Å²) >= 11 is 3.05. The van der Waals surface area contributed by atoms with Crippen molar-refractivity contribution < 1.29 is 17.9 Å². The zero-order valence-electron chi connectivity index (χ0n) is 16.2. The fraction of sp³-hybridized carbons (Fsp3) is 0.300. The Balaban J connectivity index is 1.90. The number of rotatable bonds is 8. The molecule has 0 atom stereocenters. The van der Waals surface area contributed by atoms with Crippen LogP contribution in [-0.4, -0.2) is 43.8 Å². The Bertz CT molecular complexity index is 1170. The number of aryl methyl sites for hydroxylation is 1. The van der Waals surface area contributed by atoms with E-state index in [1.807, 2.05) is 35.1 Å². The molecule has 0 unspecified atom stereocenters. The summed E-state index contributed by atoms with van der Waals surface area (Å²) in [6.07, 6.45) is 2.01. The maximum atomic E-state index is 12.5. The summed E-state index contributed by atoms with van der Waals surface area (Å²) in [6.45, 7) is 0.664. The molecule has 1 amide bonds. The molecule has 2 aromatic carbocycles. The van der Waals surface area contributed by atoms with Crippen molar-refractivity contribution in [1.82, 2.24) is 4.57 Å². The minimum atomic E-state index is -3.60. The first-order valence-electron chi connectivity index (χ1n) is 8.90. The van der Waals surface area contributed by atoms with Crippen LogP contribution in [0.2, 0.25) is 0 Å². The van der Waals surface area contributed by atoms with Crippen molar-refractivity contribution in [2.24, 2.45) is 4.99 Å². The number of thiazole rings is 1. The van der Waals surface area contributed by atoms with Crippen molar-refractivity contribution in [2.75, 3.05) is 24.9 Å². The van der Waals surface area contributed by atoms with E-state index in [1.165, 1.54) is 11.3 Å². The van der Waals surface area contributed by atoms with Crippen LogP contribution >= 0.6 is 23.1 Å². The highest BCUT2D eigenvalue weighted by Crippen LogP contribution is 2.23. The van der Waals surface area contributed by atoms with E-state index in [9.17, 15) is 13.2 Å². The molecule has 6 nitrogen and oxygen atoms in total. The van der Waals surface area contributed by atoms with Crippen LogP contribution in [0.1, 0.15) is 5.56 Å². The average Bonchev–Trinajstić information content (AvgIpc) is 3.01. The first kappa shape index (κ1) is 21.6. The number of sulfone groups is 1. The van der Waals surface area contributed by atoms with E-state index < -0.39 is 21.5 Å². The third kappa shape index (κ3) is 5.71. The molecule has 3 aromatic rings. The largest absolute Gasteiger partial charge is 0.497 e. The van der Waals surface area contributed by atoms with Gasteiger partial charge in [-0.15, -0.1) is 0 Å². The molecule has 0 aliphatic rings. The Morgan fingerprint density at radius 2 is 1.97 bits per heavy atom. The molecular weight excluding hydrogens is 428 g/mol. The van der Waals surface area contributed by atoms with Gasteiger partial charge in [0.25, 0.3) is 5.91 Å². The molecule has 0 saturated carbocycles. The lowest BCUT2D eigenvalue weighted by atomic mass is 10.2. The highest BCUT2D eigenvalue weighted by molar-refractivity contribution is 7.98. The molecule has 9 heteroatoms. The number of benzene rings is 2. The highest BCUT2D eigenvalue weighted by Gasteiger charge is 2.18. The molecule has 3 rings (SSSR count). The maximum Gasteiger partial charge on any atom is 0.263 e. The van der Waals surface area contributed by atoms with Crippen LogP contribution in [0, 0.1) is 0 Å². The van der Waals surface area contributed by atoms with E-state index >= 15 is 0 Å². The Hall–Kier alpha value is -2.10. The lowest BCUT2D eigenvalue weighted by Gasteiger charge is -2.05. The van der Waals surface area contributed by atoms with Crippen molar-refractivity contribution in [3.63, 3.8) is 0 Å². The van der Waals surface area contributed by atoms with Crippen LogP contribution in [0.15, 0.2) is 53.5 Å². The van der Waals surface area contributed by atoms with Gasteiger partial charge in [-0.2, -0.15) is 16.8 Å². The van der Waals surface area contributed by atoms with Crippen molar-refractivity contribution in [3.8, 4) is 5.75 Å². The molecule has 0 aliphatic heterocycles. The number of fused-ring (bicyclic) bond motifs is 1. The van der Waals surface area contributed by atoms with Gasteiger partial charge in [0.15, 0.2) is 14.6 Å². The summed E-state index contributed by atoms with van der Waals surface area (Å²) in [5, 5.41) is 0. The smallest absolute Gasteiger partial charge is 0.263 e. The summed E-state index contributed by atoms with van der Waals surface area (Å²) in [6, 6.07) is 14.5. The molecule has 0 aliphatic carbocycles. The molecule has 1 heterocycles. The van der Waals surface area contributed by atoms with Crippen molar-refractivity contribution in [3.05, 3.63) is 58.9 Å². The fourth-order valence-electron chi connectivity index (χ4n) is 2.87. The van der Waals surface area contributed by atoms with Gasteiger partial charge in [-0.1, -0.05) is 41.7 Å². The van der Waals surface area contributed by atoms with Gasteiger partial charge in [-0.05, 0) is 24.0 Å². The van der Waals surface area contributed by atoms with Gasteiger partial charge in [0, 0.05) is 18.4 Å². The molecule has 0 N–H and O–H groups in total. The number of methoxy groups -OCH3 is 1. The quantitative estimate of drug-likeness (QED) is 0.527. The summed E-state index contributed by atoms with van der Waals surface area (Å²) in [5.41, 5.74) is 1.58. The zero-order valence-corrected chi connectivity index (χ0v) is 18.6. The zero-order chi connectivity index (χ0) is 20.9. The average molecular weight is 451 g/mol. The number of nitrogens with zero attached hydrogens (tertiary/aromatic N) is 2. The molecule has 0 bridgehead atoms. The number of hydrogen-bond acceptors (Lipinski definition) is 6. The number of hydrogen-bond donors (Lipinski definition) is 0. The van der Waals surface area contributed by atoms with Crippen molar-refractivity contribution in [1.29, 1.82) is 0 Å². The Labute approximate surface area is 178 Å². The van der Waals surface area contributed by atoms with Gasteiger partial charge in [0.05, 0.1) is 23.1 Å². The summed E-state index contributed by atoms with van der Waals surface area (Å²) in [7, 11) is -1.99. The lowest BCUT2D eigenvalue weighted by molar-refractivity contribution is -0.115. The molecule has 0 spiro atoms. The van der Waals surface area contributed by atoms with E-state index in [0.717, 1.165) is 21.7 Å². The third-order valence-corrected chi connectivity index (χ3v) is 7.31. The molecule has 29 heavy (non-hydrogen) atoms. The van der Waals surface area contributed by atoms with Gasteiger partial charge in [0.2, 0.25) is 0 Å². The molecule has 0 radical (unpaired) electrons. The SMILES string of the molecule is COc1ccc2sc(=NC(=O)CS(=O)(=O)Cc3ccccc3)n(CCSC)c2c1. The van der Waals surface area contributed by atoms with Crippen LogP contribution < -0.4 is 9.54 Å². The third-order valence-electron chi connectivity index (χ3n) is 4.20. The van der Waals surface area contributed by atoms with Crippen LogP contribution in [-0.2, 0) is 26.9 Å². The molecule has 154 valence electrons. The predicted octanol–water partition coefficient (Wildman–Crippen LogP) is 3.12. The number of amides is 1. The van der Waals surface area contributed by atoms with E-state index in [0.29, 0.717) is 16.9 Å². The van der Waals surface area contributed by atoms with Crippen LogP contribution in [0.25, 0.3) is 10.2 Å². The first-order valence-corrected chi connectivity index (χ1v) is 12.9. The second kappa shape index (κ2) is 9.60. The standard InChI is InChI=1S/C20H22N2O4S3/c1-26-16-8-9-18-17(12-16)22(10-11-27-2)20(28-18)21-19(23)14-29(24,25)13-15-6-4-3-5-7-15/h3-9,12H,10-11,13-14H2,1-2H3. The van der Waals surface area contributed by atoms with Gasteiger partial charge in [-0.3, -0.25) is 4.79 Å². The minimum absolute atomic E-state index is 0.175. The second-order valence-corrected chi connectivity index (χ2v) is 10.4. The molecule has 1 aromatic heterocycles. The molecular formula is C20H22N2O4S3. The molecule has 0 fully saturated rings. The Kier molecular flexibility index (Phi) is 7.15. The van der Waals surface area contributed by atoms with Crippen molar-refractivity contribution in [2.45, 2.75) is 12.3 Å². The van der Waals surface area contributed by atoms with Gasteiger partial charge in [-0.25, -0.2) is 8.42 Å². The fourth-order valence-corrected chi connectivity index (χ4v) is 5.53. The van der Waals surface area contributed by atoms with Gasteiger partial charge >= 0.3 is 0 Å². The number of carbonyl (C=O) groups is 1. The van der Waals surface area contributed by atoms with E-state index in [-0.39, 0.29) is 5.75 Å². The number of carbonyl (C=O) groups excluding carboxylic acids is 1. The topological polar surface area (TPSA) is 77.7 Å². The maximum absolute atomic E-state index is 12.5. The normalized spacial score (nSPS) is 12.4. The number of ether oxygens (including phenoxy) is 1. The lowest BCUT2D eigenvalue weighted by Crippen LogP contribution is -2.22. The minimum Gasteiger partial charge on any atom is -0.497 e. The van der Waals surface area contributed by atoms with Gasteiger partial charge in [0.1, 0.15) is 11.5 Å². The van der Waals surface area contributed by atoms with Crippen LogP contribution in [0.3, 0.4) is 0 Å². The monoisotopic (exact) mass is 450 g/mol. The van der Waals surface area contributed by atoms with Crippen LogP contribution in [0.5, 0.6) is 5.75 Å². The van der Waals surface area contributed by atoms with Gasteiger partial charge < -0.3 is 9.30 Å². The summed E-state index contributed by atoms with van der Waals surface area (Å²) in [5.74, 6) is 0.123. The number of aromatic nitrogens is 1. The van der Waals surface area contributed by atoms with E-state index in [2.05, 4.69) is 4.99 Å². The summed E-state index contributed by atoms with van der Waals surface area (Å²) < 4.78 is 33.0. The Morgan fingerprint density at radius 1 is 1.21 bits per heavy atom. The number of thioether (sulfide) groups is 1. The molecule has 0 saturated heterocycles. The second-order valence-electron chi connectivity index (χ2n) is 6.39. The summed E-state index contributed by atoms with van der Waals surface area (Å²) in [4.78, 5) is 17.1. The van der Waals surface area contributed by atoms with Crippen molar-refractivity contribution >= 4 is 49.1 Å².